The lowest BCUT2D eigenvalue weighted by Crippen LogP contribution is -2.31. The molecule has 2 heterocycles. The van der Waals surface area contributed by atoms with E-state index in [4.69, 9.17) is 9.15 Å². The van der Waals surface area contributed by atoms with Gasteiger partial charge in [-0.2, -0.15) is 0 Å². The molecule has 0 unspecified atom stereocenters. The van der Waals surface area contributed by atoms with E-state index < -0.39 is 0 Å². The smallest absolute Gasteiger partial charge is 0.287 e. The van der Waals surface area contributed by atoms with Gasteiger partial charge >= 0.3 is 0 Å². The topological polar surface area (TPSA) is 76.4 Å². The molecule has 0 aliphatic rings. The average Bonchev–Trinajstić information content (AvgIpc) is 3.23. The second-order valence-electron chi connectivity index (χ2n) is 6.58. The van der Waals surface area contributed by atoms with E-state index in [0.717, 1.165) is 29.1 Å². The number of hydrogen-bond donors (Lipinski definition) is 2. The van der Waals surface area contributed by atoms with Crippen LogP contribution in [0.5, 0.6) is 5.75 Å². The number of hydrogen-bond acceptors (Lipinski definition) is 5. The van der Waals surface area contributed by atoms with Crippen LogP contribution >= 0.6 is 0 Å². The summed E-state index contributed by atoms with van der Waals surface area (Å²) < 4.78 is 11.0. The fourth-order valence-corrected chi connectivity index (χ4v) is 2.99. The molecule has 0 aliphatic carbocycles. The number of benzene rings is 1. The Morgan fingerprint density at radius 2 is 1.93 bits per heavy atom. The maximum Gasteiger partial charge on any atom is 0.287 e. The summed E-state index contributed by atoms with van der Waals surface area (Å²) in [5, 5.41) is 6.15. The molecule has 0 atom stereocenters. The molecule has 1 aromatic carbocycles. The standard InChI is InChI=1S/C22H25N3O3/c1-16-12-18(14-23-9-10-25-22(26)20-7-5-11-27-20)13-17(2)21(16)28-15-19-6-3-4-8-24-19/h3-8,11-13,23H,9-10,14-15H2,1-2H3,(H,25,26). The molecule has 2 N–H and O–H groups in total. The van der Waals surface area contributed by atoms with E-state index in [0.29, 0.717) is 25.5 Å². The van der Waals surface area contributed by atoms with Crippen LogP contribution in [0.15, 0.2) is 59.3 Å². The Labute approximate surface area is 164 Å². The minimum atomic E-state index is -0.201. The number of ether oxygens (including phenoxy) is 1. The first kappa shape index (κ1) is 19.6. The Kier molecular flexibility index (Phi) is 6.81. The number of carbonyl (C=O) groups is 1. The van der Waals surface area contributed by atoms with Crippen LogP contribution in [0.4, 0.5) is 0 Å². The van der Waals surface area contributed by atoms with Crippen LogP contribution in [0, 0.1) is 13.8 Å². The summed E-state index contributed by atoms with van der Waals surface area (Å²) in [6.45, 7) is 6.47. The van der Waals surface area contributed by atoms with Crippen molar-refractivity contribution in [2.45, 2.75) is 27.0 Å². The number of pyridine rings is 1. The fourth-order valence-electron chi connectivity index (χ4n) is 2.99. The Bertz CT molecular complexity index is 870. The van der Waals surface area contributed by atoms with Crippen molar-refractivity contribution < 1.29 is 13.9 Å². The van der Waals surface area contributed by atoms with Gasteiger partial charge in [-0.15, -0.1) is 0 Å². The van der Waals surface area contributed by atoms with Gasteiger partial charge < -0.3 is 19.8 Å². The van der Waals surface area contributed by atoms with Gasteiger partial charge in [-0.25, -0.2) is 0 Å². The summed E-state index contributed by atoms with van der Waals surface area (Å²) in [5.74, 6) is 1.03. The number of amides is 1. The number of rotatable bonds is 9. The van der Waals surface area contributed by atoms with E-state index in [9.17, 15) is 4.79 Å². The number of furan rings is 1. The highest BCUT2D eigenvalue weighted by molar-refractivity contribution is 5.91. The van der Waals surface area contributed by atoms with Crippen LogP contribution in [-0.4, -0.2) is 24.0 Å². The van der Waals surface area contributed by atoms with Crippen molar-refractivity contribution in [1.82, 2.24) is 15.6 Å². The molecule has 0 fully saturated rings. The zero-order valence-corrected chi connectivity index (χ0v) is 16.2. The SMILES string of the molecule is Cc1cc(CNCCNC(=O)c2ccco2)cc(C)c1OCc1ccccn1. The molecule has 0 saturated heterocycles. The summed E-state index contributed by atoms with van der Waals surface area (Å²) >= 11 is 0. The Hall–Kier alpha value is -3.12. The third-order valence-corrected chi connectivity index (χ3v) is 4.27. The van der Waals surface area contributed by atoms with E-state index in [-0.39, 0.29) is 5.91 Å². The van der Waals surface area contributed by atoms with E-state index in [1.54, 1.807) is 18.3 Å². The van der Waals surface area contributed by atoms with Crippen LogP contribution in [0.1, 0.15) is 32.9 Å². The third-order valence-electron chi connectivity index (χ3n) is 4.27. The summed E-state index contributed by atoms with van der Waals surface area (Å²) in [7, 11) is 0. The summed E-state index contributed by atoms with van der Waals surface area (Å²) in [6, 6.07) is 13.4. The monoisotopic (exact) mass is 379 g/mol. The molecule has 0 spiro atoms. The number of carbonyl (C=O) groups excluding carboxylic acids is 1. The minimum absolute atomic E-state index is 0.201. The molecular formula is C22H25N3O3. The van der Waals surface area contributed by atoms with Gasteiger partial charge in [0.1, 0.15) is 12.4 Å². The minimum Gasteiger partial charge on any atom is -0.487 e. The number of aryl methyl sites for hydroxylation is 2. The van der Waals surface area contributed by atoms with Gasteiger partial charge in [-0.1, -0.05) is 18.2 Å². The third kappa shape index (κ3) is 5.44. The van der Waals surface area contributed by atoms with Gasteiger partial charge in [-0.3, -0.25) is 9.78 Å². The van der Waals surface area contributed by atoms with Crippen LogP contribution in [0.25, 0.3) is 0 Å². The molecule has 6 nitrogen and oxygen atoms in total. The zero-order chi connectivity index (χ0) is 19.8. The molecule has 0 aliphatic heterocycles. The Morgan fingerprint density at radius 1 is 1.11 bits per heavy atom. The highest BCUT2D eigenvalue weighted by Crippen LogP contribution is 2.25. The number of nitrogens with one attached hydrogen (secondary N) is 2. The molecule has 146 valence electrons. The van der Waals surface area contributed by atoms with Gasteiger partial charge in [0.2, 0.25) is 0 Å². The largest absolute Gasteiger partial charge is 0.487 e. The lowest BCUT2D eigenvalue weighted by atomic mass is 10.1. The van der Waals surface area contributed by atoms with Gasteiger partial charge in [0.25, 0.3) is 5.91 Å². The highest BCUT2D eigenvalue weighted by atomic mass is 16.5. The van der Waals surface area contributed by atoms with E-state index in [1.165, 1.54) is 11.8 Å². The number of nitrogens with zero attached hydrogens (tertiary/aromatic N) is 1. The molecule has 0 bridgehead atoms. The van der Waals surface area contributed by atoms with Crippen molar-refractivity contribution in [3.8, 4) is 5.75 Å². The van der Waals surface area contributed by atoms with Crippen LogP contribution in [0.3, 0.4) is 0 Å². The predicted octanol–water partition coefficient (Wildman–Crippen LogP) is 3.39. The molecule has 1 amide bonds. The van der Waals surface area contributed by atoms with Crippen molar-refractivity contribution in [2.24, 2.45) is 0 Å². The summed E-state index contributed by atoms with van der Waals surface area (Å²) in [6.07, 6.45) is 3.26. The lowest BCUT2D eigenvalue weighted by Gasteiger charge is -2.14. The Morgan fingerprint density at radius 3 is 2.61 bits per heavy atom. The molecule has 6 heteroatoms. The van der Waals surface area contributed by atoms with Crippen LogP contribution < -0.4 is 15.4 Å². The first-order valence-corrected chi connectivity index (χ1v) is 9.29. The van der Waals surface area contributed by atoms with E-state index >= 15 is 0 Å². The second-order valence-corrected chi connectivity index (χ2v) is 6.58. The molecule has 3 rings (SSSR count). The van der Waals surface area contributed by atoms with Crippen molar-refractivity contribution in [3.05, 3.63) is 83.1 Å². The van der Waals surface area contributed by atoms with Crippen molar-refractivity contribution >= 4 is 5.91 Å². The molecule has 0 saturated carbocycles. The molecular weight excluding hydrogens is 354 g/mol. The fraction of sp³-hybridized carbons (Fsp3) is 0.273. The first-order chi connectivity index (χ1) is 13.6. The number of aromatic nitrogens is 1. The van der Waals surface area contributed by atoms with Gasteiger partial charge in [0, 0.05) is 25.8 Å². The second kappa shape index (κ2) is 9.71. The average molecular weight is 379 g/mol. The molecule has 28 heavy (non-hydrogen) atoms. The predicted molar refractivity (Wildman–Crippen MR) is 107 cm³/mol. The Balaban J connectivity index is 1.45. The van der Waals surface area contributed by atoms with E-state index in [1.807, 2.05) is 32.0 Å². The molecule has 3 aromatic rings. The van der Waals surface area contributed by atoms with Gasteiger partial charge in [0.15, 0.2) is 5.76 Å². The van der Waals surface area contributed by atoms with Crippen LogP contribution in [0.2, 0.25) is 0 Å². The zero-order valence-electron chi connectivity index (χ0n) is 16.2. The van der Waals surface area contributed by atoms with Crippen LogP contribution in [-0.2, 0) is 13.2 Å². The van der Waals surface area contributed by atoms with Crippen molar-refractivity contribution in [3.63, 3.8) is 0 Å². The lowest BCUT2D eigenvalue weighted by molar-refractivity contribution is 0.0926. The van der Waals surface area contributed by atoms with E-state index in [2.05, 4.69) is 27.8 Å². The molecule has 0 radical (unpaired) electrons. The summed E-state index contributed by atoms with van der Waals surface area (Å²) in [5.41, 5.74) is 4.28. The quantitative estimate of drug-likeness (QED) is 0.558. The van der Waals surface area contributed by atoms with Crippen molar-refractivity contribution in [1.29, 1.82) is 0 Å². The van der Waals surface area contributed by atoms with Gasteiger partial charge in [0.05, 0.1) is 12.0 Å². The van der Waals surface area contributed by atoms with Gasteiger partial charge in [-0.05, 0) is 54.8 Å². The highest BCUT2D eigenvalue weighted by Gasteiger charge is 2.08. The maximum absolute atomic E-state index is 11.8. The normalized spacial score (nSPS) is 10.6. The first-order valence-electron chi connectivity index (χ1n) is 9.29. The molecule has 2 aromatic heterocycles. The maximum atomic E-state index is 11.8. The van der Waals surface area contributed by atoms with Crippen molar-refractivity contribution in [2.75, 3.05) is 13.1 Å². The summed E-state index contributed by atoms with van der Waals surface area (Å²) in [4.78, 5) is 16.1.